The number of carbonyl (C=O) groups excluding carboxylic acids is 1. The molecule has 1 N–H and O–H groups in total. The van der Waals surface area contributed by atoms with Crippen LogP contribution in [0.3, 0.4) is 0 Å². The van der Waals surface area contributed by atoms with E-state index >= 15 is 0 Å². The van der Waals surface area contributed by atoms with E-state index in [-0.39, 0.29) is 15.5 Å². The van der Waals surface area contributed by atoms with Gasteiger partial charge in [0.2, 0.25) is 10.0 Å². The quantitative estimate of drug-likeness (QED) is 0.607. The maximum absolute atomic E-state index is 13.1. The van der Waals surface area contributed by atoms with Crippen LogP contribution in [0.5, 0.6) is 0 Å². The third-order valence-corrected chi connectivity index (χ3v) is 7.34. The van der Waals surface area contributed by atoms with Gasteiger partial charge in [0.1, 0.15) is 5.82 Å². The van der Waals surface area contributed by atoms with Gasteiger partial charge in [0.25, 0.3) is 11.9 Å². The SMILES string of the molecule is Cc1cc(C)nc(-n2nc(C)cc2NC(=O)c2cc(S(=O)(=O)N3CCCC3)ccc2Cl)n1. The first-order valence-electron chi connectivity index (χ1n) is 10.2. The minimum absolute atomic E-state index is 0.0382. The average Bonchev–Trinajstić information content (AvgIpc) is 3.38. The molecule has 1 aromatic carbocycles. The molecule has 32 heavy (non-hydrogen) atoms. The predicted octanol–water partition coefficient (Wildman–Crippen LogP) is 3.28. The summed E-state index contributed by atoms with van der Waals surface area (Å²) >= 11 is 6.25. The van der Waals surface area contributed by atoms with Crippen molar-refractivity contribution in [3.8, 4) is 5.95 Å². The number of carbonyl (C=O) groups is 1. The number of hydrogen-bond donors (Lipinski definition) is 1. The van der Waals surface area contributed by atoms with Crippen LogP contribution in [0.25, 0.3) is 5.95 Å². The lowest BCUT2D eigenvalue weighted by Crippen LogP contribution is -2.28. The van der Waals surface area contributed by atoms with Gasteiger partial charge in [-0.3, -0.25) is 4.79 Å². The van der Waals surface area contributed by atoms with Gasteiger partial charge in [-0.05, 0) is 57.9 Å². The van der Waals surface area contributed by atoms with Gasteiger partial charge in [-0.1, -0.05) is 11.6 Å². The van der Waals surface area contributed by atoms with E-state index in [9.17, 15) is 13.2 Å². The number of hydrogen-bond acceptors (Lipinski definition) is 6. The Morgan fingerprint density at radius 2 is 1.66 bits per heavy atom. The number of sulfonamides is 1. The molecule has 3 heterocycles. The van der Waals surface area contributed by atoms with E-state index in [1.807, 2.05) is 19.9 Å². The molecule has 1 saturated heterocycles. The standard InChI is InChI=1S/C21H23ClN6O3S/c1-13-10-14(2)24-21(23-13)28-19(11-15(3)26-28)25-20(29)17-12-16(6-7-18(17)22)32(30,31)27-8-4-5-9-27/h6-7,10-12H,4-5,8-9H2,1-3H3,(H,25,29). The molecule has 2 aromatic heterocycles. The maximum atomic E-state index is 13.1. The number of aromatic nitrogens is 4. The Hall–Kier alpha value is -2.82. The molecule has 9 nitrogen and oxygen atoms in total. The summed E-state index contributed by atoms with van der Waals surface area (Å²) in [4.78, 5) is 21.9. The number of benzene rings is 1. The monoisotopic (exact) mass is 474 g/mol. The van der Waals surface area contributed by atoms with Crippen LogP contribution in [0.4, 0.5) is 5.82 Å². The maximum Gasteiger partial charge on any atom is 0.258 e. The first-order valence-corrected chi connectivity index (χ1v) is 12.0. The molecule has 0 radical (unpaired) electrons. The van der Waals surface area contributed by atoms with Crippen LogP contribution >= 0.6 is 11.6 Å². The van der Waals surface area contributed by atoms with Crippen molar-refractivity contribution in [1.29, 1.82) is 0 Å². The van der Waals surface area contributed by atoms with Gasteiger partial charge in [-0.25, -0.2) is 18.4 Å². The number of nitrogens with one attached hydrogen (secondary N) is 1. The zero-order valence-corrected chi connectivity index (χ0v) is 19.5. The molecule has 1 aliphatic heterocycles. The van der Waals surface area contributed by atoms with Crippen molar-refractivity contribution in [3.63, 3.8) is 0 Å². The molecule has 0 bridgehead atoms. The van der Waals surface area contributed by atoms with Gasteiger partial charge in [-0.2, -0.15) is 14.1 Å². The van der Waals surface area contributed by atoms with Crippen molar-refractivity contribution in [1.82, 2.24) is 24.1 Å². The second kappa shape index (κ2) is 8.61. The molecule has 1 amide bonds. The van der Waals surface area contributed by atoms with E-state index in [0.29, 0.717) is 30.5 Å². The number of anilines is 1. The van der Waals surface area contributed by atoms with E-state index in [1.54, 1.807) is 13.0 Å². The molecule has 3 aromatic rings. The molecule has 1 fully saturated rings. The average molecular weight is 475 g/mol. The van der Waals surface area contributed by atoms with Gasteiger partial charge >= 0.3 is 0 Å². The molecule has 11 heteroatoms. The van der Waals surface area contributed by atoms with Gasteiger partial charge in [0.15, 0.2) is 0 Å². The molecular weight excluding hydrogens is 452 g/mol. The van der Waals surface area contributed by atoms with Crippen molar-refractivity contribution in [2.45, 2.75) is 38.5 Å². The third kappa shape index (κ3) is 4.38. The highest BCUT2D eigenvalue weighted by Crippen LogP contribution is 2.26. The van der Waals surface area contributed by atoms with Crippen molar-refractivity contribution in [2.75, 3.05) is 18.4 Å². The van der Waals surface area contributed by atoms with E-state index in [2.05, 4.69) is 20.4 Å². The summed E-state index contributed by atoms with van der Waals surface area (Å²) in [6, 6.07) is 7.67. The summed E-state index contributed by atoms with van der Waals surface area (Å²) in [6.45, 7) is 6.42. The Morgan fingerprint density at radius 3 is 2.31 bits per heavy atom. The largest absolute Gasteiger partial charge is 0.306 e. The summed E-state index contributed by atoms with van der Waals surface area (Å²) in [7, 11) is -3.68. The lowest BCUT2D eigenvalue weighted by atomic mass is 10.2. The molecule has 0 atom stereocenters. The number of aryl methyl sites for hydroxylation is 3. The predicted molar refractivity (Wildman–Crippen MR) is 121 cm³/mol. The van der Waals surface area contributed by atoms with Gasteiger partial charge < -0.3 is 5.32 Å². The molecule has 168 valence electrons. The summed E-state index contributed by atoms with van der Waals surface area (Å²) in [6.07, 6.45) is 1.65. The molecule has 1 aliphatic rings. The van der Waals surface area contributed by atoms with Crippen LogP contribution in [0.1, 0.15) is 40.3 Å². The van der Waals surface area contributed by atoms with Crippen molar-refractivity contribution in [3.05, 3.63) is 58.0 Å². The molecule has 0 spiro atoms. The Morgan fingerprint density at radius 1 is 1.00 bits per heavy atom. The second-order valence-corrected chi connectivity index (χ2v) is 10.1. The van der Waals surface area contributed by atoms with Gasteiger partial charge in [0.05, 0.1) is 21.2 Å². The highest BCUT2D eigenvalue weighted by molar-refractivity contribution is 7.89. The Labute approximate surface area is 191 Å². The van der Waals surface area contributed by atoms with E-state index in [0.717, 1.165) is 24.2 Å². The molecule has 4 rings (SSSR count). The summed E-state index contributed by atoms with van der Waals surface area (Å²) in [5, 5.41) is 7.29. The number of rotatable bonds is 5. The minimum atomic E-state index is -3.68. The third-order valence-electron chi connectivity index (χ3n) is 5.12. The summed E-state index contributed by atoms with van der Waals surface area (Å²) < 4.78 is 28.7. The van der Waals surface area contributed by atoms with E-state index < -0.39 is 15.9 Å². The fourth-order valence-corrected chi connectivity index (χ4v) is 5.39. The Bertz CT molecular complexity index is 1280. The van der Waals surface area contributed by atoms with Crippen LogP contribution in [-0.2, 0) is 10.0 Å². The lowest BCUT2D eigenvalue weighted by molar-refractivity contribution is 0.102. The van der Waals surface area contributed by atoms with Gasteiger partial charge in [-0.15, -0.1) is 0 Å². The normalized spacial score (nSPS) is 14.6. The summed E-state index contributed by atoms with van der Waals surface area (Å²) in [5.41, 5.74) is 2.24. The molecular formula is C21H23ClN6O3S. The van der Waals surface area contributed by atoms with Crippen LogP contribution in [0.2, 0.25) is 5.02 Å². The fourth-order valence-electron chi connectivity index (χ4n) is 3.64. The molecule has 0 unspecified atom stereocenters. The van der Waals surface area contributed by atoms with E-state index in [1.165, 1.54) is 27.2 Å². The second-order valence-electron chi connectivity index (χ2n) is 7.74. The zero-order chi connectivity index (χ0) is 23.0. The Balaban J connectivity index is 1.67. The Kier molecular flexibility index (Phi) is 6.02. The fraction of sp³-hybridized carbons (Fsp3) is 0.333. The lowest BCUT2D eigenvalue weighted by Gasteiger charge is -2.16. The minimum Gasteiger partial charge on any atom is -0.306 e. The topological polar surface area (TPSA) is 110 Å². The van der Waals surface area contributed by atoms with Crippen molar-refractivity contribution >= 4 is 33.3 Å². The summed E-state index contributed by atoms with van der Waals surface area (Å²) in [5.74, 6) is 0.114. The van der Waals surface area contributed by atoms with Crippen molar-refractivity contribution in [2.24, 2.45) is 0 Å². The van der Waals surface area contributed by atoms with Crippen molar-refractivity contribution < 1.29 is 13.2 Å². The number of halogens is 1. The highest BCUT2D eigenvalue weighted by Gasteiger charge is 2.28. The molecule has 0 saturated carbocycles. The van der Waals surface area contributed by atoms with Crippen LogP contribution < -0.4 is 5.32 Å². The van der Waals surface area contributed by atoms with E-state index in [4.69, 9.17) is 11.6 Å². The zero-order valence-electron chi connectivity index (χ0n) is 18.0. The van der Waals surface area contributed by atoms with Crippen LogP contribution in [0, 0.1) is 20.8 Å². The first-order chi connectivity index (χ1) is 15.1. The van der Waals surface area contributed by atoms with Crippen LogP contribution in [-0.4, -0.2) is 51.5 Å². The number of amides is 1. The number of nitrogens with zero attached hydrogens (tertiary/aromatic N) is 5. The van der Waals surface area contributed by atoms with Crippen LogP contribution in [0.15, 0.2) is 35.2 Å². The highest BCUT2D eigenvalue weighted by atomic mass is 35.5. The first kappa shape index (κ1) is 22.4. The molecule has 0 aliphatic carbocycles. The smallest absolute Gasteiger partial charge is 0.258 e. The van der Waals surface area contributed by atoms with Gasteiger partial charge in [0, 0.05) is 30.5 Å².